The second-order valence-electron chi connectivity index (χ2n) is 4.53. The number of rotatable bonds is 3. The number of nitrogen functional groups attached to an aromatic ring is 1. The summed E-state index contributed by atoms with van der Waals surface area (Å²) in [4.78, 5) is 0. The van der Waals surface area contributed by atoms with Crippen LogP contribution in [0.3, 0.4) is 0 Å². The van der Waals surface area contributed by atoms with Gasteiger partial charge in [-0.25, -0.2) is 0 Å². The monoisotopic (exact) mass is 298 g/mol. The zero-order valence-corrected chi connectivity index (χ0v) is 12.3. The number of hydrogen-bond donors (Lipinski definition) is 2. The molecule has 2 heterocycles. The van der Waals surface area contributed by atoms with Gasteiger partial charge in [0, 0.05) is 41.2 Å². The third kappa shape index (κ3) is 3.17. The quantitative estimate of drug-likeness (QED) is 0.835. The molecule has 3 N–H and O–H groups in total. The highest BCUT2D eigenvalue weighted by molar-refractivity contribution is 8.06. The summed E-state index contributed by atoms with van der Waals surface area (Å²) in [7, 11) is 0. The van der Waals surface area contributed by atoms with Gasteiger partial charge in [-0.05, 0) is 0 Å². The van der Waals surface area contributed by atoms with Crippen LogP contribution >= 0.6 is 23.5 Å². The van der Waals surface area contributed by atoms with Crippen LogP contribution in [-0.2, 0) is 0 Å². The smallest absolute Gasteiger partial charge is 0.163 e. The van der Waals surface area contributed by atoms with E-state index in [0.717, 1.165) is 29.4 Å². The molecule has 1 atom stereocenters. The first-order valence-electron chi connectivity index (χ1n) is 6.45. The van der Waals surface area contributed by atoms with Crippen molar-refractivity contribution in [3.05, 3.63) is 12.1 Å². The number of nitrogens with two attached hydrogens (primary N) is 1. The fourth-order valence-corrected chi connectivity index (χ4v) is 4.75. The van der Waals surface area contributed by atoms with Gasteiger partial charge in [0.05, 0.1) is 11.4 Å². The van der Waals surface area contributed by atoms with Gasteiger partial charge in [-0.2, -0.15) is 23.5 Å². The molecule has 0 radical (unpaired) electrons. The minimum absolute atomic E-state index is 0.592. The van der Waals surface area contributed by atoms with Crippen LogP contribution in [0.15, 0.2) is 12.1 Å². The number of benzene rings is 1. The average molecular weight is 298 g/mol. The number of ether oxygens (including phenoxy) is 2. The van der Waals surface area contributed by atoms with Crippen molar-refractivity contribution in [1.29, 1.82) is 0 Å². The Bertz CT molecular complexity index is 451. The molecule has 2 aliphatic heterocycles. The molecule has 0 aromatic heterocycles. The Kier molecular flexibility index (Phi) is 4.18. The Hall–Kier alpha value is -0.880. The summed E-state index contributed by atoms with van der Waals surface area (Å²) >= 11 is 4.07. The van der Waals surface area contributed by atoms with Gasteiger partial charge in [0.1, 0.15) is 13.2 Å². The second-order valence-corrected chi connectivity index (χ2v) is 7.09. The third-order valence-corrected chi connectivity index (χ3v) is 5.96. The van der Waals surface area contributed by atoms with Crippen LogP contribution < -0.4 is 20.5 Å². The van der Waals surface area contributed by atoms with E-state index in [2.05, 4.69) is 5.32 Å². The predicted molar refractivity (Wildman–Crippen MR) is 83.9 cm³/mol. The minimum atomic E-state index is 0.592. The van der Waals surface area contributed by atoms with Gasteiger partial charge < -0.3 is 20.5 Å². The van der Waals surface area contributed by atoms with Crippen LogP contribution in [-0.4, -0.2) is 42.3 Å². The summed E-state index contributed by atoms with van der Waals surface area (Å²) < 4.78 is 11.1. The van der Waals surface area contributed by atoms with Crippen LogP contribution in [0.25, 0.3) is 0 Å². The van der Waals surface area contributed by atoms with Gasteiger partial charge >= 0.3 is 0 Å². The van der Waals surface area contributed by atoms with E-state index in [4.69, 9.17) is 15.2 Å². The molecule has 0 aliphatic carbocycles. The van der Waals surface area contributed by atoms with Gasteiger partial charge in [-0.15, -0.1) is 0 Å². The highest BCUT2D eigenvalue weighted by atomic mass is 32.2. The van der Waals surface area contributed by atoms with Crippen LogP contribution in [0.2, 0.25) is 0 Å². The molecule has 1 saturated heterocycles. The standard InChI is InChI=1S/C13H18N2O2S2/c14-10-5-12-13(17-2-1-16-12)6-11(10)15-7-9-8-18-3-4-19-9/h5-6,9,15H,1-4,7-8,14H2. The molecule has 4 nitrogen and oxygen atoms in total. The normalized spacial score (nSPS) is 22.0. The molecule has 104 valence electrons. The lowest BCUT2D eigenvalue weighted by molar-refractivity contribution is 0.172. The number of nitrogens with one attached hydrogen (secondary N) is 1. The van der Waals surface area contributed by atoms with E-state index in [1.807, 2.05) is 35.7 Å². The molecule has 0 amide bonds. The van der Waals surface area contributed by atoms with E-state index in [1.54, 1.807) is 0 Å². The van der Waals surface area contributed by atoms with E-state index >= 15 is 0 Å². The molecule has 6 heteroatoms. The highest BCUT2D eigenvalue weighted by Crippen LogP contribution is 2.37. The Balaban J connectivity index is 1.66. The lowest BCUT2D eigenvalue weighted by Crippen LogP contribution is -2.23. The summed E-state index contributed by atoms with van der Waals surface area (Å²) in [6, 6.07) is 3.80. The minimum Gasteiger partial charge on any atom is -0.486 e. The van der Waals surface area contributed by atoms with Crippen LogP contribution in [0, 0.1) is 0 Å². The molecule has 0 spiro atoms. The van der Waals surface area contributed by atoms with E-state index in [1.165, 1.54) is 17.3 Å². The SMILES string of the molecule is Nc1cc2c(cc1NCC1CSCCS1)OCCO2. The van der Waals surface area contributed by atoms with Crippen LogP contribution in [0.4, 0.5) is 11.4 Å². The highest BCUT2D eigenvalue weighted by Gasteiger charge is 2.17. The Morgan fingerprint density at radius 1 is 1.21 bits per heavy atom. The zero-order chi connectivity index (χ0) is 13.1. The molecule has 3 rings (SSSR count). The largest absolute Gasteiger partial charge is 0.486 e. The zero-order valence-electron chi connectivity index (χ0n) is 10.7. The van der Waals surface area contributed by atoms with E-state index in [-0.39, 0.29) is 0 Å². The van der Waals surface area contributed by atoms with Crippen molar-refractivity contribution in [1.82, 2.24) is 0 Å². The first-order chi connectivity index (χ1) is 9.33. The van der Waals surface area contributed by atoms with Gasteiger partial charge in [-0.3, -0.25) is 0 Å². The molecule has 1 unspecified atom stereocenters. The van der Waals surface area contributed by atoms with E-state index in [0.29, 0.717) is 18.5 Å². The molecule has 19 heavy (non-hydrogen) atoms. The maximum Gasteiger partial charge on any atom is 0.163 e. The van der Waals surface area contributed by atoms with Crippen molar-refractivity contribution < 1.29 is 9.47 Å². The van der Waals surface area contributed by atoms with Crippen molar-refractivity contribution in [2.45, 2.75) is 5.25 Å². The van der Waals surface area contributed by atoms with Crippen molar-refractivity contribution in [3.8, 4) is 11.5 Å². The number of fused-ring (bicyclic) bond motifs is 1. The summed E-state index contributed by atoms with van der Waals surface area (Å²) in [5.41, 5.74) is 7.72. The Morgan fingerprint density at radius 3 is 2.74 bits per heavy atom. The molecule has 1 aromatic carbocycles. The first-order valence-corrected chi connectivity index (χ1v) is 8.65. The van der Waals surface area contributed by atoms with Crippen molar-refractivity contribution in [2.24, 2.45) is 0 Å². The average Bonchev–Trinajstić information content (AvgIpc) is 2.46. The summed E-state index contributed by atoms with van der Waals surface area (Å²) in [5.74, 6) is 5.26. The fraction of sp³-hybridized carbons (Fsp3) is 0.538. The molecule has 1 fully saturated rings. The summed E-state index contributed by atoms with van der Waals surface area (Å²) in [5, 5.41) is 4.10. The fourth-order valence-electron chi connectivity index (χ4n) is 2.14. The molecule has 0 bridgehead atoms. The number of thioether (sulfide) groups is 2. The molecule has 2 aliphatic rings. The lowest BCUT2D eigenvalue weighted by atomic mass is 10.2. The van der Waals surface area contributed by atoms with Crippen molar-refractivity contribution in [3.63, 3.8) is 0 Å². The number of hydrogen-bond acceptors (Lipinski definition) is 6. The Labute approximate surface area is 121 Å². The van der Waals surface area contributed by atoms with Gasteiger partial charge in [0.25, 0.3) is 0 Å². The molecular formula is C13H18N2O2S2. The summed E-state index contributed by atoms with van der Waals surface area (Å²) in [6.07, 6.45) is 0. The summed E-state index contributed by atoms with van der Waals surface area (Å²) in [6.45, 7) is 2.14. The maximum atomic E-state index is 6.05. The van der Waals surface area contributed by atoms with Crippen LogP contribution in [0.5, 0.6) is 11.5 Å². The van der Waals surface area contributed by atoms with Gasteiger partial charge in [0.2, 0.25) is 0 Å². The first kappa shape index (κ1) is 13.1. The van der Waals surface area contributed by atoms with E-state index < -0.39 is 0 Å². The lowest BCUT2D eigenvalue weighted by Gasteiger charge is -2.23. The predicted octanol–water partition coefficient (Wildman–Crippen LogP) is 2.30. The van der Waals surface area contributed by atoms with E-state index in [9.17, 15) is 0 Å². The molecule has 0 saturated carbocycles. The van der Waals surface area contributed by atoms with Crippen molar-refractivity contribution in [2.75, 3.05) is 48.1 Å². The second kappa shape index (κ2) is 6.05. The third-order valence-electron chi connectivity index (χ3n) is 3.12. The topological polar surface area (TPSA) is 56.5 Å². The van der Waals surface area contributed by atoms with Gasteiger partial charge in [-0.1, -0.05) is 0 Å². The Morgan fingerprint density at radius 2 is 2.00 bits per heavy atom. The maximum absolute atomic E-state index is 6.05. The van der Waals surface area contributed by atoms with Gasteiger partial charge in [0.15, 0.2) is 11.5 Å². The molecular weight excluding hydrogens is 280 g/mol. The molecule has 1 aromatic rings. The number of anilines is 2. The van der Waals surface area contributed by atoms with Crippen molar-refractivity contribution >= 4 is 34.9 Å². The van der Waals surface area contributed by atoms with Crippen LogP contribution in [0.1, 0.15) is 0 Å².